The zero-order valence-electron chi connectivity index (χ0n) is 12.0. The van der Waals surface area contributed by atoms with Gasteiger partial charge in [-0.25, -0.2) is 0 Å². The molecule has 1 amide bonds. The second kappa shape index (κ2) is 5.73. The lowest BCUT2D eigenvalue weighted by molar-refractivity contribution is 0.0707. The molecule has 0 radical (unpaired) electrons. The van der Waals surface area contributed by atoms with Crippen LogP contribution in [0.3, 0.4) is 0 Å². The quantitative estimate of drug-likeness (QED) is 0.854. The lowest BCUT2D eigenvalue weighted by Gasteiger charge is -2.39. The topological polar surface area (TPSA) is 64.2 Å². The van der Waals surface area contributed by atoms with Gasteiger partial charge < -0.3 is 10.6 Å². The molecule has 0 unspecified atom stereocenters. The van der Waals surface area contributed by atoms with E-state index >= 15 is 0 Å². The molecule has 0 atom stereocenters. The fourth-order valence-electron chi connectivity index (χ4n) is 2.59. The van der Waals surface area contributed by atoms with E-state index in [2.05, 4.69) is 5.10 Å². The van der Waals surface area contributed by atoms with Gasteiger partial charge in [0.05, 0.1) is 15.4 Å². The van der Waals surface area contributed by atoms with Gasteiger partial charge in [0.15, 0.2) is 0 Å². The number of hydrogen-bond acceptors (Lipinski definition) is 4. The Hall–Kier alpha value is -1.08. The zero-order valence-corrected chi connectivity index (χ0v) is 13.7. The number of nitrogens with two attached hydrogens (primary N) is 1. The average molecular weight is 312 g/mol. The van der Waals surface area contributed by atoms with Crippen molar-refractivity contribution < 1.29 is 4.79 Å². The first kappa shape index (κ1) is 15.3. The molecule has 1 aliphatic rings. The van der Waals surface area contributed by atoms with Crippen molar-refractivity contribution in [1.82, 2.24) is 14.7 Å². The van der Waals surface area contributed by atoms with Crippen molar-refractivity contribution in [1.29, 1.82) is 0 Å². The van der Waals surface area contributed by atoms with E-state index in [4.69, 9.17) is 18.0 Å². The van der Waals surface area contributed by atoms with E-state index in [1.807, 2.05) is 24.1 Å². The number of carbonyl (C=O) groups is 1. The van der Waals surface area contributed by atoms with Gasteiger partial charge in [-0.2, -0.15) is 16.9 Å². The highest BCUT2D eigenvalue weighted by molar-refractivity contribution is 8.02. The van der Waals surface area contributed by atoms with Crippen LogP contribution in [0.2, 0.25) is 0 Å². The highest BCUT2D eigenvalue weighted by Gasteiger charge is 2.38. The summed E-state index contributed by atoms with van der Waals surface area (Å²) in [5.74, 6) is 0.0331. The molecule has 2 heterocycles. The fraction of sp³-hybridized carbons (Fsp3) is 0.615. The number of amides is 1. The molecule has 1 aliphatic heterocycles. The van der Waals surface area contributed by atoms with Gasteiger partial charge in [0.2, 0.25) is 0 Å². The summed E-state index contributed by atoms with van der Waals surface area (Å²) in [6.45, 7) is 3.25. The second-order valence-electron chi connectivity index (χ2n) is 5.15. The summed E-state index contributed by atoms with van der Waals surface area (Å²) in [4.78, 5) is 14.9. The predicted molar refractivity (Wildman–Crippen MR) is 86.1 cm³/mol. The molecule has 0 aromatic carbocycles. The molecule has 5 nitrogen and oxygen atoms in total. The molecule has 110 valence electrons. The van der Waals surface area contributed by atoms with Crippen molar-refractivity contribution in [3.8, 4) is 0 Å². The third-order valence-corrected chi connectivity index (χ3v) is 5.85. The maximum absolute atomic E-state index is 12.5. The fourth-order valence-corrected chi connectivity index (χ4v) is 3.84. The van der Waals surface area contributed by atoms with Gasteiger partial charge in [0, 0.05) is 20.1 Å². The number of rotatable bonds is 3. The molecule has 0 saturated carbocycles. The summed E-state index contributed by atoms with van der Waals surface area (Å²) < 4.78 is 1.48. The minimum Gasteiger partial charge on any atom is -0.392 e. The molecule has 1 saturated heterocycles. The molecule has 0 aliphatic carbocycles. The normalized spacial score (nSPS) is 18.1. The molecule has 1 aromatic heterocycles. The lowest BCUT2D eigenvalue weighted by Crippen LogP contribution is -2.50. The van der Waals surface area contributed by atoms with Crippen LogP contribution in [0.4, 0.5) is 0 Å². The number of piperidine rings is 1. The molecule has 7 heteroatoms. The third-order valence-electron chi connectivity index (χ3n) is 3.92. The van der Waals surface area contributed by atoms with Gasteiger partial charge in [-0.1, -0.05) is 12.2 Å². The number of thiocarbonyl (C=S) groups is 1. The highest BCUT2D eigenvalue weighted by atomic mass is 32.2. The van der Waals surface area contributed by atoms with Gasteiger partial charge in [-0.15, -0.1) is 0 Å². The standard InChI is InChI=1S/C13H20N4OS2/c1-9-8-10(16(2)15-9)11(18)17-6-4-13(20-3,5-7-17)12(14)19/h8H,4-7H2,1-3H3,(H2,14,19). The Labute approximate surface area is 128 Å². The number of carbonyl (C=O) groups excluding carboxylic acids is 1. The molecule has 1 fully saturated rings. The van der Waals surface area contributed by atoms with Crippen LogP contribution in [0, 0.1) is 6.92 Å². The first-order chi connectivity index (χ1) is 9.39. The molecule has 2 N–H and O–H groups in total. The smallest absolute Gasteiger partial charge is 0.272 e. The van der Waals surface area contributed by atoms with Gasteiger partial charge in [-0.05, 0) is 32.1 Å². The van der Waals surface area contributed by atoms with Crippen molar-refractivity contribution in [3.05, 3.63) is 17.5 Å². The molecule has 0 bridgehead atoms. The van der Waals surface area contributed by atoms with E-state index in [1.165, 1.54) is 0 Å². The monoisotopic (exact) mass is 312 g/mol. The van der Waals surface area contributed by atoms with Crippen molar-refractivity contribution in [2.24, 2.45) is 12.8 Å². The van der Waals surface area contributed by atoms with E-state index < -0.39 is 0 Å². The van der Waals surface area contributed by atoms with Crippen molar-refractivity contribution in [2.45, 2.75) is 24.5 Å². The zero-order chi connectivity index (χ0) is 14.9. The van der Waals surface area contributed by atoms with E-state index in [1.54, 1.807) is 23.5 Å². The minimum atomic E-state index is -0.158. The average Bonchev–Trinajstić information content (AvgIpc) is 2.76. The Balaban J connectivity index is 2.09. The van der Waals surface area contributed by atoms with Crippen LogP contribution in [0.25, 0.3) is 0 Å². The van der Waals surface area contributed by atoms with E-state index in [0.29, 0.717) is 23.8 Å². The van der Waals surface area contributed by atoms with Crippen LogP contribution < -0.4 is 5.73 Å². The Bertz CT molecular complexity index is 532. The van der Waals surface area contributed by atoms with Crippen LogP contribution in [0.5, 0.6) is 0 Å². The number of aryl methyl sites for hydroxylation is 2. The van der Waals surface area contributed by atoms with Crippen LogP contribution in [0.15, 0.2) is 6.07 Å². The summed E-state index contributed by atoms with van der Waals surface area (Å²) in [7, 11) is 1.80. The molecule has 1 aromatic rings. The molecule has 2 rings (SSSR count). The Morgan fingerprint density at radius 1 is 1.50 bits per heavy atom. The number of aromatic nitrogens is 2. The van der Waals surface area contributed by atoms with Crippen molar-refractivity contribution in [3.63, 3.8) is 0 Å². The summed E-state index contributed by atoms with van der Waals surface area (Å²) >= 11 is 6.88. The van der Waals surface area contributed by atoms with Crippen molar-refractivity contribution in [2.75, 3.05) is 19.3 Å². The van der Waals surface area contributed by atoms with E-state index in [-0.39, 0.29) is 10.7 Å². The first-order valence-electron chi connectivity index (χ1n) is 6.54. The highest BCUT2D eigenvalue weighted by Crippen LogP contribution is 2.35. The van der Waals surface area contributed by atoms with E-state index in [9.17, 15) is 4.79 Å². The molecule has 20 heavy (non-hydrogen) atoms. The SMILES string of the molecule is CSC1(C(N)=S)CCN(C(=O)c2cc(C)nn2C)CC1. The Kier molecular flexibility index (Phi) is 4.39. The second-order valence-corrected chi connectivity index (χ2v) is 6.78. The van der Waals surface area contributed by atoms with Crippen LogP contribution in [-0.2, 0) is 7.05 Å². The van der Waals surface area contributed by atoms with Gasteiger partial charge in [-0.3, -0.25) is 9.48 Å². The van der Waals surface area contributed by atoms with Crippen molar-refractivity contribution >= 4 is 34.9 Å². The van der Waals surface area contributed by atoms with Crippen LogP contribution in [0.1, 0.15) is 29.0 Å². The number of thioether (sulfide) groups is 1. The summed E-state index contributed by atoms with van der Waals surface area (Å²) in [5.41, 5.74) is 7.36. The number of likely N-dealkylation sites (tertiary alicyclic amines) is 1. The number of nitrogens with zero attached hydrogens (tertiary/aromatic N) is 3. The Morgan fingerprint density at radius 3 is 2.50 bits per heavy atom. The van der Waals surface area contributed by atoms with Gasteiger partial charge in [0.1, 0.15) is 5.69 Å². The maximum Gasteiger partial charge on any atom is 0.272 e. The number of hydrogen-bond donors (Lipinski definition) is 1. The van der Waals surface area contributed by atoms with Crippen LogP contribution >= 0.6 is 24.0 Å². The third kappa shape index (κ3) is 2.69. The summed E-state index contributed by atoms with van der Waals surface area (Å²) in [6, 6.07) is 1.83. The van der Waals surface area contributed by atoms with Gasteiger partial charge in [0.25, 0.3) is 5.91 Å². The van der Waals surface area contributed by atoms with E-state index in [0.717, 1.165) is 18.5 Å². The molecular formula is C13H20N4OS2. The molecule has 0 spiro atoms. The summed E-state index contributed by atoms with van der Waals surface area (Å²) in [5, 5.41) is 4.22. The summed E-state index contributed by atoms with van der Waals surface area (Å²) in [6.07, 6.45) is 3.65. The van der Waals surface area contributed by atoms with Gasteiger partial charge >= 0.3 is 0 Å². The lowest BCUT2D eigenvalue weighted by atomic mass is 9.95. The first-order valence-corrected chi connectivity index (χ1v) is 8.18. The predicted octanol–water partition coefficient (Wildman–Crippen LogP) is 1.35. The minimum absolute atomic E-state index is 0.0331. The molecular weight excluding hydrogens is 292 g/mol. The maximum atomic E-state index is 12.5. The Morgan fingerprint density at radius 2 is 2.10 bits per heavy atom. The van der Waals surface area contributed by atoms with Crippen LogP contribution in [-0.4, -0.2) is 49.7 Å². The largest absolute Gasteiger partial charge is 0.392 e.